The van der Waals surface area contributed by atoms with E-state index in [4.69, 9.17) is 5.11 Å². The van der Waals surface area contributed by atoms with Gasteiger partial charge in [0.05, 0.1) is 0 Å². The summed E-state index contributed by atoms with van der Waals surface area (Å²) >= 11 is 0. The molecule has 0 spiro atoms. The van der Waals surface area contributed by atoms with E-state index in [2.05, 4.69) is 5.32 Å². The molecule has 2 aliphatic rings. The number of amides is 2. The van der Waals surface area contributed by atoms with E-state index in [-0.39, 0.29) is 17.5 Å². The van der Waals surface area contributed by atoms with Gasteiger partial charge in [0, 0.05) is 12.1 Å². The van der Waals surface area contributed by atoms with Gasteiger partial charge >= 0.3 is 12.0 Å². The highest BCUT2D eigenvalue weighted by atomic mass is 16.4. The molecule has 2 fully saturated rings. The second kappa shape index (κ2) is 3.64. The smallest absolute Gasteiger partial charge is 0.326 e. The van der Waals surface area contributed by atoms with E-state index in [1.54, 1.807) is 0 Å². The lowest BCUT2D eigenvalue weighted by molar-refractivity contribution is -0.142. The van der Waals surface area contributed by atoms with Crippen molar-refractivity contribution in [3.8, 4) is 0 Å². The molecule has 16 heavy (non-hydrogen) atoms. The zero-order valence-electron chi connectivity index (χ0n) is 9.69. The maximum atomic E-state index is 11.9. The first-order valence-electron chi connectivity index (χ1n) is 5.74. The van der Waals surface area contributed by atoms with Crippen LogP contribution in [-0.4, -0.2) is 40.1 Å². The number of carbonyl (C=O) groups excluding carboxylic acids is 1. The standard InChI is InChI=1S/C11H18N2O3/c1-7-3-6-13(8(7)9(14)15)10(16)12-11(2)4-5-11/h7-8H,3-6H2,1-2H3,(H,12,16)(H,14,15). The van der Waals surface area contributed by atoms with Crippen LogP contribution < -0.4 is 5.32 Å². The monoisotopic (exact) mass is 226 g/mol. The average Bonchev–Trinajstić information content (AvgIpc) is 2.76. The largest absolute Gasteiger partial charge is 0.480 e. The van der Waals surface area contributed by atoms with Gasteiger partial charge in [0.15, 0.2) is 0 Å². The molecular formula is C11H18N2O3. The first kappa shape index (κ1) is 11.2. The van der Waals surface area contributed by atoms with Crippen LogP contribution in [0.25, 0.3) is 0 Å². The van der Waals surface area contributed by atoms with E-state index in [1.165, 1.54) is 4.90 Å². The molecule has 1 heterocycles. The van der Waals surface area contributed by atoms with Crippen molar-refractivity contribution in [2.75, 3.05) is 6.54 Å². The zero-order valence-corrected chi connectivity index (χ0v) is 9.69. The Morgan fingerprint density at radius 3 is 2.56 bits per heavy atom. The Balaban J connectivity index is 2.02. The molecule has 1 saturated carbocycles. The van der Waals surface area contributed by atoms with Crippen LogP contribution in [0.5, 0.6) is 0 Å². The van der Waals surface area contributed by atoms with Crippen LogP contribution in [0.2, 0.25) is 0 Å². The lowest BCUT2D eigenvalue weighted by atomic mass is 10.0. The fraction of sp³-hybridized carbons (Fsp3) is 0.818. The number of rotatable bonds is 2. The Bertz CT molecular complexity index is 325. The normalized spacial score (nSPS) is 31.2. The van der Waals surface area contributed by atoms with Crippen LogP contribution in [0.4, 0.5) is 4.79 Å². The number of nitrogens with one attached hydrogen (secondary N) is 1. The number of carboxylic acids is 1. The fourth-order valence-electron chi connectivity index (χ4n) is 2.19. The predicted octanol–water partition coefficient (Wildman–Crippen LogP) is 1.04. The molecule has 0 radical (unpaired) electrons. The highest BCUT2D eigenvalue weighted by molar-refractivity contribution is 5.84. The molecule has 1 aliphatic carbocycles. The highest BCUT2D eigenvalue weighted by Gasteiger charge is 2.44. The minimum absolute atomic E-state index is 0.0373. The van der Waals surface area contributed by atoms with Gasteiger partial charge in [-0.1, -0.05) is 6.92 Å². The number of hydrogen-bond acceptors (Lipinski definition) is 2. The average molecular weight is 226 g/mol. The van der Waals surface area contributed by atoms with Crippen molar-refractivity contribution >= 4 is 12.0 Å². The van der Waals surface area contributed by atoms with E-state index in [1.807, 2.05) is 13.8 Å². The Morgan fingerprint density at radius 1 is 1.44 bits per heavy atom. The molecule has 0 aromatic rings. The third kappa shape index (κ3) is 1.99. The Morgan fingerprint density at radius 2 is 2.06 bits per heavy atom. The SMILES string of the molecule is CC1CCN(C(=O)NC2(C)CC2)C1C(=O)O. The van der Waals surface area contributed by atoms with Crippen LogP contribution in [0.15, 0.2) is 0 Å². The van der Waals surface area contributed by atoms with Gasteiger partial charge < -0.3 is 15.3 Å². The van der Waals surface area contributed by atoms with Crippen LogP contribution in [0, 0.1) is 5.92 Å². The molecule has 0 aromatic heterocycles. The molecule has 2 rings (SSSR count). The summed E-state index contributed by atoms with van der Waals surface area (Å²) in [6, 6.07) is -0.890. The minimum Gasteiger partial charge on any atom is -0.480 e. The summed E-state index contributed by atoms with van der Waals surface area (Å²) in [6.45, 7) is 4.41. The van der Waals surface area contributed by atoms with Crippen molar-refractivity contribution < 1.29 is 14.7 Å². The van der Waals surface area contributed by atoms with Crippen molar-refractivity contribution in [2.45, 2.75) is 44.7 Å². The van der Waals surface area contributed by atoms with Gasteiger partial charge in [0.2, 0.25) is 0 Å². The molecule has 0 bridgehead atoms. The van der Waals surface area contributed by atoms with E-state index in [0.29, 0.717) is 6.54 Å². The molecular weight excluding hydrogens is 208 g/mol. The summed E-state index contributed by atoms with van der Waals surface area (Å²) in [5.41, 5.74) is -0.0913. The summed E-state index contributed by atoms with van der Waals surface area (Å²) in [5, 5.41) is 12.0. The summed E-state index contributed by atoms with van der Waals surface area (Å²) in [5.74, 6) is -0.864. The van der Waals surface area contributed by atoms with Crippen molar-refractivity contribution in [2.24, 2.45) is 5.92 Å². The molecule has 5 nitrogen and oxygen atoms in total. The van der Waals surface area contributed by atoms with E-state index in [0.717, 1.165) is 19.3 Å². The number of urea groups is 1. The van der Waals surface area contributed by atoms with Gasteiger partial charge in [0.25, 0.3) is 0 Å². The first-order valence-corrected chi connectivity index (χ1v) is 5.74. The van der Waals surface area contributed by atoms with Crippen LogP contribution in [0.3, 0.4) is 0 Å². The van der Waals surface area contributed by atoms with Gasteiger partial charge in [0.1, 0.15) is 6.04 Å². The summed E-state index contributed by atoms with van der Waals surface area (Å²) in [6.07, 6.45) is 2.74. The first-order chi connectivity index (χ1) is 7.43. The molecule has 5 heteroatoms. The molecule has 2 unspecified atom stereocenters. The van der Waals surface area contributed by atoms with Crippen LogP contribution in [-0.2, 0) is 4.79 Å². The second-order valence-corrected chi connectivity index (χ2v) is 5.23. The van der Waals surface area contributed by atoms with E-state index < -0.39 is 12.0 Å². The van der Waals surface area contributed by atoms with E-state index >= 15 is 0 Å². The molecule has 0 aromatic carbocycles. The number of carbonyl (C=O) groups is 2. The lowest BCUT2D eigenvalue weighted by Crippen LogP contribution is -2.50. The van der Waals surface area contributed by atoms with Crippen molar-refractivity contribution in [1.29, 1.82) is 0 Å². The van der Waals surface area contributed by atoms with Gasteiger partial charge in [-0.15, -0.1) is 0 Å². The minimum atomic E-state index is -0.902. The number of nitrogens with zero attached hydrogens (tertiary/aromatic N) is 1. The number of hydrogen-bond donors (Lipinski definition) is 2. The zero-order chi connectivity index (χ0) is 11.9. The van der Waals surface area contributed by atoms with Gasteiger partial charge in [-0.05, 0) is 32.1 Å². The van der Waals surface area contributed by atoms with Crippen molar-refractivity contribution in [3.63, 3.8) is 0 Å². The topological polar surface area (TPSA) is 69.6 Å². The number of carboxylic acid groups (broad SMARTS) is 1. The maximum Gasteiger partial charge on any atom is 0.326 e. The Kier molecular flexibility index (Phi) is 2.56. The van der Waals surface area contributed by atoms with Gasteiger partial charge in [-0.2, -0.15) is 0 Å². The predicted molar refractivity (Wildman–Crippen MR) is 58.1 cm³/mol. The molecule has 2 N–H and O–H groups in total. The van der Waals surface area contributed by atoms with Crippen LogP contribution in [0.1, 0.15) is 33.1 Å². The number of aliphatic carboxylic acids is 1. The molecule has 2 amide bonds. The summed E-state index contributed by atoms with van der Waals surface area (Å²) in [4.78, 5) is 24.5. The fourth-order valence-corrected chi connectivity index (χ4v) is 2.19. The van der Waals surface area contributed by atoms with Crippen LogP contribution >= 0.6 is 0 Å². The second-order valence-electron chi connectivity index (χ2n) is 5.23. The van der Waals surface area contributed by atoms with Crippen molar-refractivity contribution in [1.82, 2.24) is 10.2 Å². The summed E-state index contributed by atoms with van der Waals surface area (Å²) in [7, 11) is 0. The lowest BCUT2D eigenvalue weighted by Gasteiger charge is -2.25. The molecule has 2 atom stereocenters. The molecule has 1 aliphatic heterocycles. The maximum absolute atomic E-state index is 11.9. The summed E-state index contributed by atoms with van der Waals surface area (Å²) < 4.78 is 0. The van der Waals surface area contributed by atoms with E-state index in [9.17, 15) is 9.59 Å². The van der Waals surface area contributed by atoms with Gasteiger partial charge in [-0.3, -0.25) is 0 Å². The Labute approximate surface area is 94.8 Å². The molecule has 1 saturated heterocycles. The van der Waals surface area contributed by atoms with Gasteiger partial charge in [-0.25, -0.2) is 9.59 Å². The van der Waals surface area contributed by atoms with Crippen molar-refractivity contribution in [3.05, 3.63) is 0 Å². The third-order valence-corrected chi connectivity index (χ3v) is 3.62. The highest BCUT2D eigenvalue weighted by Crippen LogP contribution is 2.35. The molecule has 90 valence electrons. The quantitative estimate of drug-likeness (QED) is 0.739. The Hall–Kier alpha value is -1.26. The number of likely N-dealkylation sites (tertiary alicyclic amines) is 1. The third-order valence-electron chi connectivity index (χ3n) is 3.62.